The van der Waals surface area contributed by atoms with Gasteiger partial charge in [-0.1, -0.05) is 61.9 Å². The van der Waals surface area contributed by atoms with Crippen molar-refractivity contribution >= 4 is 0 Å². The maximum absolute atomic E-state index is 6.28. The van der Waals surface area contributed by atoms with E-state index in [0.717, 1.165) is 11.3 Å². The van der Waals surface area contributed by atoms with E-state index in [1.807, 2.05) is 19.1 Å². The summed E-state index contributed by atoms with van der Waals surface area (Å²) < 4.78 is 6.28. The lowest BCUT2D eigenvalue weighted by Crippen LogP contribution is -2.29. The number of rotatable bonds is 5. The van der Waals surface area contributed by atoms with Crippen molar-refractivity contribution < 1.29 is 4.74 Å². The van der Waals surface area contributed by atoms with Crippen LogP contribution in [0, 0.1) is 6.92 Å². The summed E-state index contributed by atoms with van der Waals surface area (Å²) in [5, 5.41) is 0. The van der Waals surface area contributed by atoms with Crippen molar-refractivity contribution in [2.75, 3.05) is 0 Å². The zero-order valence-corrected chi connectivity index (χ0v) is 13.3. The van der Waals surface area contributed by atoms with Gasteiger partial charge in [0.2, 0.25) is 0 Å². The molecule has 2 atom stereocenters. The lowest BCUT2D eigenvalue weighted by atomic mass is 10.00. The van der Waals surface area contributed by atoms with Crippen LogP contribution < -0.4 is 10.5 Å². The van der Waals surface area contributed by atoms with Gasteiger partial charge in [0.05, 0.1) is 0 Å². The van der Waals surface area contributed by atoms with E-state index in [2.05, 4.69) is 57.2 Å². The normalized spacial score (nSPS) is 14.0. The van der Waals surface area contributed by atoms with Gasteiger partial charge in [-0.3, -0.25) is 0 Å². The van der Waals surface area contributed by atoms with Crippen LogP contribution in [0.1, 0.15) is 49.5 Å². The van der Waals surface area contributed by atoms with Crippen molar-refractivity contribution in [2.24, 2.45) is 5.73 Å². The van der Waals surface area contributed by atoms with Gasteiger partial charge in [0.15, 0.2) is 0 Å². The number of ether oxygens (including phenoxy) is 1. The summed E-state index contributed by atoms with van der Waals surface area (Å²) in [5.41, 5.74) is 9.74. The molecule has 0 aromatic heterocycles. The first-order valence-electron chi connectivity index (χ1n) is 7.56. The van der Waals surface area contributed by atoms with E-state index >= 15 is 0 Å². The zero-order valence-electron chi connectivity index (χ0n) is 13.3. The summed E-state index contributed by atoms with van der Waals surface area (Å²) in [6.07, 6.45) is -0.134. The molecule has 0 aliphatic carbocycles. The summed E-state index contributed by atoms with van der Waals surface area (Å²) in [4.78, 5) is 0. The second kappa shape index (κ2) is 6.77. The fourth-order valence-corrected chi connectivity index (χ4v) is 2.53. The van der Waals surface area contributed by atoms with Gasteiger partial charge in [0.25, 0.3) is 0 Å². The Morgan fingerprint density at radius 2 is 1.67 bits per heavy atom. The molecule has 2 N–H and O–H groups in total. The van der Waals surface area contributed by atoms with E-state index < -0.39 is 0 Å². The van der Waals surface area contributed by atoms with Gasteiger partial charge in [-0.05, 0) is 37.0 Å². The first-order chi connectivity index (χ1) is 9.99. The predicted molar refractivity (Wildman–Crippen MR) is 88.7 cm³/mol. The molecule has 0 fully saturated rings. The van der Waals surface area contributed by atoms with Crippen LogP contribution in [-0.2, 0) is 0 Å². The zero-order chi connectivity index (χ0) is 15.4. The Balaban J connectivity index is 2.34. The molecule has 0 spiro atoms. The van der Waals surface area contributed by atoms with Crippen LogP contribution in [0.15, 0.2) is 48.5 Å². The Bertz CT molecular complexity index is 590. The van der Waals surface area contributed by atoms with Crippen molar-refractivity contribution in [3.8, 4) is 5.75 Å². The van der Waals surface area contributed by atoms with Gasteiger partial charge in [-0.15, -0.1) is 0 Å². The molecule has 112 valence electrons. The lowest BCUT2D eigenvalue weighted by Gasteiger charge is -2.25. The lowest BCUT2D eigenvalue weighted by molar-refractivity contribution is 0.178. The Morgan fingerprint density at radius 3 is 2.29 bits per heavy atom. The van der Waals surface area contributed by atoms with Crippen molar-refractivity contribution in [2.45, 2.75) is 45.8 Å². The number of aryl methyl sites for hydroxylation is 1. The maximum Gasteiger partial charge on any atom is 0.138 e. The molecule has 2 aromatic carbocycles. The van der Waals surface area contributed by atoms with E-state index in [0.29, 0.717) is 5.92 Å². The minimum Gasteiger partial charge on any atom is -0.484 e. The van der Waals surface area contributed by atoms with Crippen LogP contribution in [-0.4, -0.2) is 6.04 Å². The number of hydrogen-bond donors (Lipinski definition) is 1. The summed E-state index contributed by atoms with van der Waals surface area (Å²) >= 11 is 0. The molecule has 2 heteroatoms. The molecule has 2 nitrogen and oxygen atoms in total. The van der Waals surface area contributed by atoms with Crippen LogP contribution in [0.5, 0.6) is 5.75 Å². The van der Waals surface area contributed by atoms with E-state index in [4.69, 9.17) is 10.5 Å². The quantitative estimate of drug-likeness (QED) is 0.871. The molecule has 2 rings (SSSR count). The third kappa shape index (κ3) is 3.85. The van der Waals surface area contributed by atoms with Gasteiger partial charge < -0.3 is 10.5 Å². The average molecular weight is 283 g/mol. The van der Waals surface area contributed by atoms with Crippen molar-refractivity contribution in [1.29, 1.82) is 0 Å². The van der Waals surface area contributed by atoms with Gasteiger partial charge in [-0.2, -0.15) is 0 Å². The molecule has 0 radical (unpaired) electrons. The van der Waals surface area contributed by atoms with Gasteiger partial charge in [-0.25, -0.2) is 0 Å². The van der Waals surface area contributed by atoms with Gasteiger partial charge >= 0.3 is 0 Å². The van der Waals surface area contributed by atoms with E-state index in [1.54, 1.807) is 0 Å². The van der Waals surface area contributed by atoms with Crippen LogP contribution >= 0.6 is 0 Å². The minimum atomic E-state index is -0.134. The number of benzene rings is 2. The summed E-state index contributed by atoms with van der Waals surface area (Å²) in [7, 11) is 0. The first-order valence-corrected chi connectivity index (χ1v) is 7.56. The van der Waals surface area contributed by atoms with Crippen molar-refractivity contribution in [3.63, 3.8) is 0 Å². The van der Waals surface area contributed by atoms with Gasteiger partial charge in [0.1, 0.15) is 11.9 Å². The average Bonchev–Trinajstić information content (AvgIpc) is 2.44. The number of hydrogen-bond acceptors (Lipinski definition) is 2. The van der Waals surface area contributed by atoms with Crippen LogP contribution in [0.25, 0.3) is 0 Å². The second-order valence-electron chi connectivity index (χ2n) is 6.00. The molecule has 0 saturated carbocycles. The fraction of sp³-hybridized carbons (Fsp3) is 0.368. The third-order valence-corrected chi connectivity index (χ3v) is 3.64. The van der Waals surface area contributed by atoms with Crippen LogP contribution in [0.4, 0.5) is 0 Å². The smallest absolute Gasteiger partial charge is 0.138 e. The topological polar surface area (TPSA) is 35.2 Å². The molecule has 21 heavy (non-hydrogen) atoms. The molecule has 0 aliphatic rings. The van der Waals surface area contributed by atoms with Crippen LogP contribution in [0.3, 0.4) is 0 Å². The van der Waals surface area contributed by atoms with E-state index in [9.17, 15) is 0 Å². The molecule has 0 amide bonds. The summed E-state index contributed by atoms with van der Waals surface area (Å²) in [5.74, 6) is 1.35. The molecule has 0 heterocycles. The highest BCUT2D eigenvalue weighted by Gasteiger charge is 2.20. The fourth-order valence-electron chi connectivity index (χ4n) is 2.53. The predicted octanol–water partition coefficient (Wildman–Crippen LogP) is 4.59. The van der Waals surface area contributed by atoms with E-state index in [1.165, 1.54) is 11.1 Å². The SMILES string of the molecule is Cc1cccc(C(Oc2ccccc2C(C)C)C(C)N)c1. The largest absolute Gasteiger partial charge is 0.484 e. The molecule has 0 aliphatic heterocycles. The Hall–Kier alpha value is -1.80. The molecular weight excluding hydrogens is 258 g/mol. The highest BCUT2D eigenvalue weighted by Crippen LogP contribution is 2.31. The Labute approximate surface area is 127 Å². The summed E-state index contributed by atoms with van der Waals surface area (Å²) in [6, 6.07) is 16.5. The third-order valence-electron chi connectivity index (χ3n) is 3.64. The summed E-state index contributed by atoms with van der Waals surface area (Å²) in [6.45, 7) is 8.43. The number of para-hydroxylation sites is 1. The maximum atomic E-state index is 6.28. The highest BCUT2D eigenvalue weighted by molar-refractivity contribution is 5.37. The van der Waals surface area contributed by atoms with Crippen molar-refractivity contribution in [3.05, 3.63) is 65.2 Å². The molecule has 0 saturated heterocycles. The second-order valence-corrected chi connectivity index (χ2v) is 6.00. The van der Waals surface area contributed by atoms with Crippen molar-refractivity contribution in [1.82, 2.24) is 0 Å². The minimum absolute atomic E-state index is 0.0768. The number of nitrogens with two attached hydrogens (primary N) is 1. The van der Waals surface area contributed by atoms with E-state index in [-0.39, 0.29) is 12.1 Å². The molecular formula is C19H25NO. The molecule has 2 aromatic rings. The molecule has 0 bridgehead atoms. The standard InChI is InChI=1S/C19H25NO/c1-13(2)17-10-5-6-11-18(17)21-19(15(4)20)16-9-7-8-14(3)12-16/h5-13,15,19H,20H2,1-4H3. The highest BCUT2D eigenvalue weighted by atomic mass is 16.5. The monoisotopic (exact) mass is 283 g/mol. The molecule has 2 unspecified atom stereocenters. The van der Waals surface area contributed by atoms with Crippen LogP contribution in [0.2, 0.25) is 0 Å². The Kier molecular flexibility index (Phi) is 5.03. The Morgan fingerprint density at radius 1 is 0.952 bits per heavy atom. The first kappa shape index (κ1) is 15.6. The van der Waals surface area contributed by atoms with Gasteiger partial charge in [0, 0.05) is 6.04 Å².